The van der Waals surface area contributed by atoms with Crippen molar-refractivity contribution < 1.29 is 23.6 Å². The minimum atomic E-state index is -0.450. The van der Waals surface area contributed by atoms with E-state index in [-0.39, 0.29) is 23.1 Å². The molecule has 1 aliphatic heterocycles. The predicted octanol–water partition coefficient (Wildman–Crippen LogP) is 4.55. The van der Waals surface area contributed by atoms with Gasteiger partial charge in [0.25, 0.3) is 0 Å². The van der Waals surface area contributed by atoms with Gasteiger partial charge in [0.15, 0.2) is 10.9 Å². The van der Waals surface area contributed by atoms with Gasteiger partial charge in [-0.2, -0.15) is 0 Å². The number of ketones is 1. The quantitative estimate of drug-likeness (QED) is 0.317. The topological polar surface area (TPSA) is 81.9 Å². The molecule has 0 N–H and O–H groups in total. The zero-order chi connectivity index (χ0) is 22.0. The first-order chi connectivity index (χ1) is 14.9. The fourth-order valence-electron chi connectivity index (χ4n) is 3.06. The number of allylic oxidation sites excluding steroid dienone is 1. The van der Waals surface area contributed by atoms with Crippen LogP contribution in [-0.4, -0.2) is 31.0 Å². The number of halogens is 1. The highest BCUT2D eigenvalue weighted by Crippen LogP contribution is 2.35. The zero-order valence-electron chi connectivity index (χ0n) is 16.9. The Hall–Kier alpha value is -3.58. The lowest BCUT2D eigenvalue weighted by Crippen LogP contribution is -2.08. The Bertz CT molecular complexity index is 1160. The first-order valence-electron chi connectivity index (χ1n) is 9.56. The molecule has 0 fully saturated rings. The monoisotopic (exact) mass is 438 g/mol. The van der Waals surface area contributed by atoms with Gasteiger partial charge in [0.2, 0.25) is 5.78 Å². The summed E-state index contributed by atoms with van der Waals surface area (Å²) in [7, 11) is 3.92. The van der Waals surface area contributed by atoms with Gasteiger partial charge in [-0.15, -0.1) is 0 Å². The van der Waals surface area contributed by atoms with E-state index in [1.54, 1.807) is 24.3 Å². The van der Waals surface area contributed by atoms with E-state index in [1.807, 2.05) is 43.3 Å². The van der Waals surface area contributed by atoms with Gasteiger partial charge in [-0.25, -0.2) is 0 Å². The van der Waals surface area contributed by atoms with Crippen molar-refractivity contribution in [2.45, 2.75) is 12.8 Å². The highest BCUT2D eigenvalue weighted by Gasteiger charge is 2.28. The largest absolute Gasteiger partial charge is 0.452 e. The summed E-state index contributed by atoms with van der Waals surface area (Å²) < 4.78 is 16.0. The fraction of sp³-hybridized carbons (Fsp3) is 0.174. The van der Waals surface area contributed by atoms with Gasteiger partial charge in [0.05, 0.1) is 12.0 Å². The SMILES string of the molecule is CN(C)c1ccc(/C=C2\Oc3cc(OC(=O)CCc4cc(Cl)no4)ccc3C2=O)cc1. The van der Waals surface area contributed by atoms with Crippen LogP contribution in [0.2, 0.25) is 5.15 Å². The third kappa shape index (κ3) is 4.78. The number of rotatable bonds is 6. The van der Waals surface area contributed by atoms with E-state index in [2.05, 4.69) is 5.16 Å². The first-order valence-corrected chi connectivity index (χ1v) is 9.94. The molecule has 4 rings (SSSR count). The van der Waals surface area contributed by atoms with Gasteiger partial charge in [0, 0.05) is 38.3 Å². The van der Waals surface area contributed by atoms with Crippen molar-refractivity contribution in [3.63, 3.8) is 0 Å². The summed E-state index contributed by atoms with van der Waals surface area (Å²) in [6.07, 6.45) is 2.10. The van der Waals surface area contributed by atoms with Crippen molar-refractivity contribution in [2.75, 3.05) is 19.0 Å². The van der Waals surface area contributed by atoms with Gasteiger partial charge in [-0.3, -0.25) is 9.59 Å². The van der Waals surface area contributed by atoms with Gasteiger partial charge < -0.3 is 18.9 Å². The molecule has 31 heavy (non-hydrogen) atoms. The molecule has 1 aliphatic rings. The molecule has 7 nitrogen and oxygen atoms in total. The Morgan fingerprint density at radius 1 is 1.16 bits per heavy atom. The average molecular weight is 439 g/mol. The summed E-state index contributed by atoms with van der Waals surface area (Å²) in [5.41, 5.74) is 2.33. The summed E-state index contributed by atoms with van der Waals surface area (Å²) in [5.74, 6) is 0.703. The number of hydrogen-bond acceptors (Lipinski definition) is 7. The number of carbonyl (C=O) groups is 2. The molecule has 1 aromatic heterocycles. The number of hydrogen-bond donors (Lipinski definition) is 0. The summed E-state index contributed by atoms with van der Waals surface area (Å²) in [5, 5.41) is 3.79. The first kappa shape index (κ1) is 20.7. The van der Waals surface area contributed by atoms with Crippen molar-refractivity contribution in [3.8, 4) is 11.5 Å². The van der Waals surface area contributed by atoms with Crippen LogP contribution < -0.4 is 14.4 Å². The number of esters is 1. The average Bonchev–Trinajstić information content (AvgIpc) is 3.29. The molecule has 0 unspecified atom stereocenters. The molecule has 0 saturated carbocycles. The minimum Gasteiger partial charge on any atom is -0.452 e. The molecule has 0 amide bonds. The Morgan fingerprint density at radius 3 is 2.61 bits per heavy atom. The molecule has 3 aromatic rings. The van der Waals surface area contributed by atoms with Crippen molar-refractivity contribution in [1.29, 1.82) is 0 Å². The Morgan fingerprint density at radius 2 is 1.94 bits per heavy atom. The number of fused-ring (bicyclic) bond motifs is 1. The smallest absolute Gasteiger partial charge is 0.311 e. The van der Waals surface area contributed by atoms with E-state index in [0.717, 1.165) is 11.3 Å². The maximum atomic E-state index is 12.6. The summed E-state index contributed by atoms with van der Waals surface area (Å²) in [6, 6.07) is 14.0. The highest BCUT2D eigenvalue weighted by atomic mass is 35.5. The fourth-order valence-corrected chi connectivity index (χ4v) is 3.22. The lowest BCUT2D eigenvalue weighted by molar-refractivity contribution is -0.134. The molecule has 2 heterocycles. The molecule has 0 aliphatic carbocycles. The van der Waals surface area contributed by atoms with Gasteiger partial charge >= 0.3 is 5.97 Å². The van der Waals surface area contributed by atoms with Crippen LogP contribution in [0.4, 0.5) is 5.69 Å². The third-order valence-corrected chi connectivity index (χ3v) is 4.86. The van der Waals surface area contributed by atoms with Crippen LogP contribution in [0.15, 0.2) is 58.8 Å². The second-order valence-electron chi connectivity index (χ2n) is 7.17. The number of aromatic nitrogens is 1. The molecule has 8 heteroatoms. The van der Waals surface area contributed by atoms with E-state index in [0.29, 0.717) is 29.2 Å². The minimum absolute atomic E-state index is 0.0937. The van der Waals surface area contributed by atoms with Crippen LogP contribution in [0.1, 0.15) is 28.1 Å². The molecule has 0 bridgehead atoms. The second kappa shape index (κ2) is 8.65. The van der Waals surface area contributed by atoms with E-state index in [4.69, 9.17) is 25.6 Å². The normalized spacial score (nSPS) is 13.8. The number of ether oxygens (including phenoxy) is 2. The molecule has 0 spiro atoms. The molecule has 2 aromatic carbocycles. The van der Waals surface area contributed by atoms with Crippen molar-refractivity contribution >= 4 is 35.1 Å². The summed E-state index contributed by atoms with van der Waals surface area (Å²) in [4.78, 5) is 26.7. The zero-order valence-corrected chi connectivity index (χ0v) is 17.7. The number of anilines is 1. The Kier molecular flexibility index (Phi) is 5.77. The maximum Gasteiger partial charge on any atom is 0.311 e. The lowest BCUT2D eigenvalue weighted by Gasteiger charge is -2.11. The van der Waals surface area contributed by atoms with Crippen LogP contribution in [0.3, 0.4) is 0 Å². The van der Waals surface area contributed by atoms with E-state index >= 15 is 0 Å². The Balaban J connectivity index is 1.42. The molecule has 0 radical (unpaired) electrons. The molecule has 0 saturated heterocycles. The number of Topliss-reactive ketones (excluding diaryl/α,β-unsaturated/α-hetero) is 1. The van der Waals surface area contributed by atoms with Crippen molar-refractivity contribution in [2.24, 2.45) is 0 Å². The number of carbonyl (C=O) groups excluding carboxylic acids is 2. The number of aryl methyl sites for hydroxylation is 1. The van der Waals surface area contributed by atoms with Gasteiger partial charge in [0.1, 0.15) is 17.3 Å². The van der Waals surface area contributed by atoms with E-state index < -0.39 is 5.97 Å². The van der Waals surface area contributed by atoms with Gasteiger partial charge in [-0.1, -0.05) is 28.9 Å². The van der Waals surface area contributed by atoms with Crippen LogP contribution in [-0.2, 0) is 11.2 Å². The van der Waals surface area contributed by atoms with Crippen LogP contribution in [0.5, 0.6) is 11.5 Å². The second-order valence-corrected chi connectivity index (χ2v) is 7.56. The van der Waals surface area contributed by atoms with Crippen LogP contribution in [0, 0.1) is 0 Å². The highest BCUT2D eigenvalue weighted by molar-refractivity contribution is 6.29. The van der Waals surface area contributed by atoms with Gasteiger partial charge in [-0.05, 0) is 35.9 Å². The molecule has 0 atom stereocenters. The maximum absolute atomic E-state index is 12.6. The summed E-state index contributed by atoms with van der Waals surface area (Å²) >= 11 is 5.68. The van der Waals surface area contributed by atoms with Crippen LogP contribution in [0.25, 0.3) is 6.08 Å². The van der Waals surface area contributed by atoms with Crippen molar-refractivity contribution in [1.82, 2.24) is 5.16 Å². The van der Waals surface area contributed by atoms with E-state index in [9.17, 15) is 9.59 Å². The molecular formula is C23H19ClN2O5. The number of nitrogens with zero attached hydrogens (tertiary/aromatic N) is 2. The lowest BCUT2D eigenvalue weighted by atomic mass is 10.1. The standard InChI is InChI=1S/C23H19ClN2O5/c1-26(2)15-5-3-14(4-6-15)11-20-23(28)18-9-7-16(12-19(18)30-20)29-22(27)10-8-17-13-21(24)25-31-17/h3-7,9,11-13H,8,10H2,1-2H3/b20-11-. The van der Waals surface area contributed by atoms with Crippen LogP contribution >= 0.6 is 11.6 Å². The molecular weight excluding hydrogens is 420 g/mol. The predicted molar refractivity (Wildman–Crippen MR) is 116 cm³/mol. The third-order valence-electron chi connectivity index (χ3n) is 4.69. The summed E-state index contributed by atoms with van der Waals surface area (Å²) in [6.45, 7) is 0. The van der Waals surface area contributed by atoms with Crippen molar-refractivity contribution in [3.05, 3.63) is 76.3 Å². The number of benzene rings is 2. The Labute approximate surface area is 183 Å². The molecule has 158 valence electrons. The van der Waals surface area contributed by atoms with E-state index in [1.165, 1.54) is 6.07 Å².